The lowest BCUT2D eigenvalue weighted by Crippen LogP contribution is -1.99. The van der Waals surface area contributed by atoms with Crippen LogP contribution in [0.25, 0.3) is 6.08 Å². The van der Waals surface area contributed by atoms with E-state index in [1.165, 1.54) is 25.3 Å². The predicted molar refractivity (Wildman–Crippen MR) is 137 cm³/mol. The van der Waals surface area contributed by atoms with Gasteiger partial charge in [-0.1, -0.05) is 97.6 Å². The molecule has 0 saturated carbocycles. The van der Waals surface area contributed by atoms with Gasteiger partial charge in [0.25, 0.3) is 0 Å². The first-order chi connectivity index (χ1) is 15.5. The second kappa shape index (κ2) is 16.6. The number of aldehydes is 1. The topological polar surface area (TPSA) is 35.5 Å². The van der Waals surface area contributed by atoms with Gasteiger partial charge < -0.3 is 9.47 Å². The van der Waals surface area contributed by atoms with Crippen molar-refractivity contribution >= 4 is 12.4 Å². The lowest BCUT2D eigenvalue weighted by Gasteiger charge is -2.11. The Balaban J connectivity index is 2.70. The smallest absolute Gasteiger partial charge is 0.161 e. The van der Waals surface area contributed by atoms with Gasteiger partial charge in [0.1, 0.15) is 6.29 Å². The predicted octanol–water partition coefficient (Wildman–Crippen LogP) is 7.82. The molecule has 0 aromatic heterocycles. The van der Waals surface area contributed by atoms with Crippen LogP contribution in [0.15, 0.2) is 83.5 Å². The van der Waals surface area contributed by atoms with Gasteiger partial charge in [0.2, 0.25) is 0 Å². The van der Waals surface area contributed by atoms with Crippen LogP contribution in [0.1, 0.15) is 58.9 Å². The van der Waals surface area contributed by atoms with Crippen LogP contribution in [0.4, 0.5) is 0 Å². The summed E-state index contributed by atoms with van der Waals surface area (Å²) < 4.78 is 11.4. The Morgan fingerprint density at radius 1 is 0.844 bits per heavy atom. The molecule has 0 bridgehead atoms. The normalized spacial score (nSPS) is 13.5. The third kappa shape index (κ3) is 11.9. The van der Waals surface area contributed by atoms with Crippen LogP contribution in [-0.2, 0) is 4.79 Å². The first-order valence-corrected chi connectivity index (χ1v) is 11.3. The Bertz CT molecular complexity index is 880. The van der Waals surface area contributed by atoms with Crippen molar-refractivity contribution in [3.05, 3.63) is 89.1 Å². The summed E-state index contributed by atoms with van der Waals surface area (Å²) in [7, 11) is 1.68. The van der Waals surface area contributed by atoms with Crippen molar-refractivity contribution in [2.24, 2.45) is 0 Å². The number of rotatable bonds is 14. The molecule has 32 heavy (non-hydrogen) atoms. The lowest BCUT2D eigenvalue weighted by molar-refractivity contribution is -0.104. The van der Waals surface area contributed by atoms with E-state index < -0.39 is 0 Å². The molecule has 0 aliphatic heterocycles. The third-order valence-corrected chi connectivity index (χ3v) is 4.71. The standard InChI is InChI=1S/C29H38O3/c1-6-7-8-9-21-32-28-19-18-27(23-29(28)31-5)22-26(4)16-11-15-24(2)13-10-14-25(3)17-12-20-30/h10-20,22-23H,6-9,21H2,1-5H3/b13-10+,16-11+,17-12+,24-15+,25-14+,26-22+. The quantitative estimate of drug-likeness (QED) is 0.130. The molecule has 0 heterocycles. The number of hydrogen-bond acceptors (Lipinski definition) is 3. The van der Waals surface area contributed by atoms with Gasteiger partial charge in [0.05, 0.1) is 13.7 Å². The van der Waals surface area contributed by atoms with Crippen LogP contribution in [0, 0.1) is 0 Å². The molecule has 1 aromatic rings. The van der Waals surface area contributed by atoms with Crippen LogP contribution < -0.4 is 9.47 Å². The summed E-state index contributed by atoms with van der Waals surface area (Å²) in [5.41, 5.74) is 4.38. The number of ether oxygens (including phenoxy) is 2. The molecular weight excluding hydrogens is 396 g/mol. The molecule has 0 atom stereocenters. The van der Waals surface area contributed by atoms with Crippen molar-refractivity contribution in [2.45, 2.75) is 53.4 Å². The van der Waals surface area contributed by atoms with Crippen molar-refractivity contribution in [2.75, 3.05) is 13.7 Å². The maximum Gasteiger partial charge on any atom is 0.161 e. The lowest BCUT2D eigenvalue weighted by atomic mass is 10.1. The summed E-state index contributed by atoms with van der Waals surface area (Å²) in [6.07, 6.45) is 23.1. The maximum absolute atomic E-state index is 10.3. The van der Waals surface area contributed by atoms with Crippen molar-refractivity contribution in [1.29, 1.82) is 0 Å². The van der Waals surface area contributed by atoms with Crippen molar-refractivity contribution in [1.82, 2.24) is 0 Å². The molecular formula is C29H38O3. The highest BCUT2D eigenvalue weighted by Gasteiger charge is 2.05. The fourth-order valence-corrected chi connectivity index (χ4v) is 2.92. The van der Waals surface area contributed by atoms with Crippen LogP contribution in [0.3, 0.4) is 0 Å². The zero-order chi connectivity index (χ0) is 23.6. The summed E-state index contributed by atoms with van der Waals surface area (Å²) in [5.74, 6) is 1.56. The highest BCUT2D eigenvalue weighted by molar-refractivity contribution is 5.65. The van der Waals surface area contributed by atoms with Gasteiger partial charge >= 0.3 is 0 Å². The fourth-order valence-electron chi connectivity index (χ4n) is 2.92. The minimum Gasteiger partial charge on any atom is -0.493 e. The summed E-state index contributed by atoms with van der Waals surface area (Å²) >= 11 is 0. The van der Waals surface area contributed by atoms with Gasteiger partial charge in [-0.3, -0.25) is 4.79 Å². The SMILES string of the molecule is CCCCCCOc1ccc(/C=C(C)/C=C/C=C(C)/C=C/C=C(C)/C=C/C=O)cc1OC. The van der Waals surface area contributed by atoms with E-state index in [1.807, 2.05) is 43.4 Å². The van der Waals surface area contributed by atoms with Gasteiger partial charge in [0, 0.05) is 0 Å². The third-order valence-electron chi connectivity index (χ3n) is 4.71. The van der Waals surface area contributed by atoms with Gasteiger partial charge in [-0.15, -0.1) is 0 Å². The number of methoxy groups -OCH3 is 1. The molecule has 0 aliphatic carbocycles. The number of benzene rings is 1. The number of carbonyl (C=O) groups excluding carboxylic acids is 1. The van der Waals surface area contributed by atoms with Crippen molar-refractivity contribution in [3.8, 4) is 11.5 Å². The maximum atomic E-state index is 10.3. The van der Waals surface area contributed by atoms with Crippen molar-refractivity contribution < 1.29 is 14.3 Å². The largest absolute Gasteiger partial charge is 0.493 e. The molecule has 3 heteroatoms. The number of hydrogen-bond donors (Lipinski definition) is 0. The first-order valence-electron chi connectivity index (χ1n) is 11.3. The molecule has 0 N–H and O–H groups in total. The van der Waals surface area contributed by atoms with Crippen molar-refractivity contribution in [3.63, 3.8) is 0 Å². The van der Waals surface area contributed by atoms with Gasteiger partial charge in [0.15, 0.2) is 11.5 Å². The molecule has 1 rings (SSSR count). The zero-order valence-electron chi connectivity index (χ0n) is 20.3. The van der Waals surface area contributed by atoms with Gasteiger partial charge in [-0.05, 0) is 51.0 Å². The molecule has 172 valence electrons. The average molecular weight is 435 g/mol. The molecule has 0 aliphatic rings. The number of allylic oxidation sites excluding steroid dienone is 11. The Kier molecular flexibility index (Phi) is 14.0. The van der Waals surface area contributed by atoms with E-state index in [0.717, 1.165) is 53.1 Å². The van der Waals surface area contributed by atoms with Crippen LogP contribution >= 0.6 is 0 Å². The minimum atomic E-state index is 0.720. The second-order valence-corrected chi connectivity index (χ2v) is 7.74. The van der Waals surface area contributed by atoms with Crippen LogP contribution in [-0.4, -0.2) is 20.0 Å². The second-order valence-electron chi connectivity index (χ2n) is 7.74. The Labute approximate surface area is 194 Å². The summed E-state index contributed by atoms with van der Waals surface area (Å²) in [5, 5.41) is 0. The molecule has 3 nitrogen and oxygen atoms in total. The van der Waals surface area contributed by atoms with E-state index in [9.17, 15) is 4.79 Å². The van der Waals surface area contributed by atoms with Crippen LogP contribution in [0.5, 0.6) is 11.5 Å². The first kappa shape index (κ1) is 27.0. The average Bonchev–Trinajstić information content (AvgIpc) is 2.78. The minimum absolute atomic E-state index is 0.720. The van der Waals surface area contributed by atoms with Gasteiger partial charge in [-0.25, -0.2) is 0 Å². The zero-order valence-corrected chi connectivity index (χ0v) is 20.3. The summed E-state index contributed by atoms with van der Waals surface area (Å²) in [6.45, 7) is 9.01. The molecule has 0 amide bonds. The highest BCUT2D eigenvalue weighted by Crippen LogP contribution is 2.29. The van der Waals surface area contributed by atoms with E-state index in [4.69, 9.17) is 9.47 Å². The Morgan fingerprint density at radius 2 is 1.50 bits per heavy atom. The Hall–Kier alpha value is -3.07. The molecule has 0 radical (unpaired) electrons. The summed E-state index contributed by atoms with van der Waals surface area (Å²) in [4.78, 5) is 10.3. The number of carbonyl (C=O) groups is 1. The van der Waals surface area contributed by atoms with E-state index in [-0.39, 0.29) is 0 Å². The van der Waals surface area contributed by atoms with Gasteiger partial charge in [-0.2, -0.15) is 0 Å². The van der Waals surface area contributed by atoms with E-state index in [2.05, 4.69) is 45.1 Å². The monoisotopic (exact) mass is 434 g/mol. The highest BCUT2D eigenvalue weighted by atomic mass is 16.5. The molecule has 0 saturated heterocycles. The number of unbranched alkanes of at least 4 members (excludes halogenated alkanes) is 3. The van der Waals surface area contributed by atoms with E-state index >= 15 is 0 Å². The Morgan fingerprint density at radius 3 is 2.12 bits per heavy atom. The fraction of sp³-hybridized carbons (Fsp3) is 0.345. The molecule has 0 unspecified atom stereocenters. The van der Waals surface area contributed by atoms with E-state index in [0.29, 0.717) is 0 Å². The van der Waals surface area contributed by atoms with Crippen LogP contribution in [0.2, 0.25) is 0 Å². The summed E-state index contributed by atoms with van der Waals surface area (Å²) in [6, 6.07) is 6.05. The molecule has 0 fully saturated rings. The molecule has 0 spiro atoms. The molecule has 1 aromatic carbocycles. The van der Waals surface area contributed by atoms with E-state index in [1.54, 1.807) is 13.2 Å².